The van der Waals surface area contributed by atoms with E-state index in [0.717, 1.165) is 37.8 Å². The molecule has 15 heavy (non-hydrogen) atoms. The average molecular weight is 231 g/mol. The first-order valence-corrected chi connectivity index (χ1v) is 6.29. The second-order valence-electron chi connectivity index (χ2n) is 3.52. The monoisotopic (exact) mass is 231 g/mol. The molecule has 90 valence electrons. The summed E-state index contributed by atoms with van der Waals surface area (Å²) in [5.41, 5.74) is 0. The molecule has 0 saturated carbocycles. The molecule has 0 aliphatic carbocycles. The van der Waals surface area contributed by atoms with Gasteiger partial charge in [-0.1, -0.05) is 13.8 Å². The zero-order chi connectivity index (χ0) is 11.7. The maximum atomic E-state index is 5.21. The van der Waals surface area contributed by atoms with Crippen molar-refractivity contribution in [2.24, 2.45) is 0 Å². The maximum Gasteiger partial charge on any atom is 0.168 e. The molecule has 0 atom stereocenters. The predicted molar refractivity (Wildman–Crippen MR) is 71.3 cm³/mol. The third kappa shape index (κ3) is 5.95. The maximum absolute atomic E-state index is 5.21. The highest BCUT2D eigenvalue weighted by molar-refractivity contribution is 7.80. The Morgan fingerprint density at radius 3 is 2.07 bits per heavy atom. The Balaban J connectivity index is 3.76. The molecule has 3 nitrogen and oxygen atoms in total. The fraction of sp³-hybridized carbons (Fsp3) is 0.909. The van der Waals surface area contributed by atoms with Gasteiger partial charge in [0.25, 0.3) is 0 Å². The molecule has 0 fully saturated rings. The van der Waals surface area contributed by atoms with Crippen LogP contribution >= 0.6 is 12.2 Å². The van der Waals surface area contributed by atoms with Crippen LogP contribution in [0.15, 0.2) is 0 Å². The Hall–Kier alpha value is -0.350. The normalized spacial score (nSPS) is 10.5. The quantitative estimate of drug-likeness (QED) is 0.670. The van der Waals surface area contributed by atoms with Gasteiger partial charge in [0.2, 0.25) is 0 Å². The summed E-state index contributed by atoms with van der Waals surface area (Å²) in [7, 11) is 1.88. The molecule has 0 aromatic rings. The molecule has 0 aromatic carbocycles. The van der Waals surface area contributed by atoms with Crippen LogP contribution in [0.4, 0.5) is 0 Å². The number of nitrogens with one attached hydrogen (secondary N) is 1. The lowest BCUT2D eigenvalue weighted by molar-refractivity contribution is 0.283. The van der Waals surface area contributed by atoms with Gasteiger partial charge in [-0.15, -0.1) is 0 Å². The van der Waals surface area contributed by atoms with Crippen LogP contribution in [0.5, 0.6) is 0 Å². The van der Waals surface area contributed by atoms with Gasteiger partial charge in [-0.25, -0.2) is 0 Å². The lowest BCUT2D eigenvalue weighted by Crippen LogP contribution is -2.39. The van der Waals surface area contributed by atoms with Crippen LogP contribution in [-0.4, -0.2) is 54.7 Å². The summed E-state index contributed by atoms with van der Waals surface area (Å²) in [6.45, 7) is 12.0. The Kier molecular flexibility index (Phi) is 8.71. The lowest BCUT2D eigenvalue weighted by atomic mass is 10.3. The number of rotatable bonds is 7. The van der Waals surface area contributed by atoms with Gasteiger partial charge in [-0.2, -0.15) is 0 Å². The molecule has 0 amide bonds. The second kappa shape index (κ2) is 8.92. The predicted octanol–water partition coefficient (Wildman–Crippen LogP) is 1.54. The Morgan fingerprint density at radius 2 is 1.67 bits per heavy atom. The van der Waals surface area contributed by atoms with Gasteiger partial charge in [-0.05, 0) is 45.2 Å². The summed E-state index contributed by atoms with van der Waals surface area (Å²) >= 11 is 5.21. The van der Waals surface area contributed by atoms with Gasteiger partial charge < -0.3 is 15.1 Å². The van der Waals surface area contributed by atoms with Crippen molar-refractivity contribution in [3.05, 3.63) is 0 Å². The van der Waals surface area contributed by atoms with Crippen molar-refractivity contribution in [3.63, 3.8) is 0 Å². The van der Waals surface area contributed by atoms with Crippen LogP contribution in [0.3, 0.4) is 0 Å². The van der Waals surface area contributed by atoms with Crippen molar-refractivity contribution < 1.29 is 0 Å². The number of thiocarbonyl (C=S) groups is 1. The summed E-state index contributed by atoms with van der Waals surface area (Å²) in [4.78, 5) is 4.65. The van der Waals surface area contributed by atoms with Crippen molar-refractivity contribution in [2.75, 3.05) is 39.8 Å². The highest BCUT2D eigenvalue weighted by atomic mass is 32.1. The molecule has 0 rings (SSSR count). The van der Waals surface area contributed by atoms with Gasteiger partial charge in [0.05, 0.1) is 0 Å². The van der Waals surface area contributed by atoms with Crippen LogP contribution in [0.1, 0.15) is 27.2 Å². The van der Waals surface area contributed by atoms with E-state index in [0.29, 0.717) is 0 Å². The molecule has 0 radical (unpaired) electrons. The van der Waals surface area contributed by atoms with E-state index in [9.17, 15) is 0 Å². The third-order valence-electron chi connectivity index (χ3n) is 2.68. The van der Waals surface area contributed by atoms with Gasteiger partial charge >= 0.3 is 0 Å². The standard InChI is InChI=1S/C11H25N3S/c1-5-13(6-2)9-8-10-14(7-3)11(15)12-4/h5-10H2,1-4H3,(H,12,15). The minimum absolute atomic E-state index is 0.858. The smallest absolute Gasteiger partial charge is 0.168 e. The van der Waals surface area contributed by atoms with E-state index in [-0.39, 0.29) is 0 Å². The van der Waals surface area contributed by atoms with Crippen molar-refractivity contribution in [3.8, 4) is 0 Å². The summed E-state index contributed by atoms with van der Waals surface area (Å²) in [6, 6.07) is 0. The first-order chi connectivity index (χ1) is 7.19. The van der Waals surface area contributed by atoms with Crippen molar-refractivity contribution in [2.45, 2.75) is 27.2 Å². The first kappa shape index (κ1) is 14.6. The van der Waals surface area contributed by atoms with Crippen LogP contribution in [0.25, 0.3) is 0 Å². The molecule has 0 heterocycles. The molecule has 0 aromatic heterocycles. The Bertz CT molecular complexity index is 169. The van der Waals surface area contributed by atoms with E-state index in [1.807, 2.05) is 7.05 Å². The lowest BCUT2D eigenvalue weighted by Gasteiger charge is -2.25. The number of nitrogens with zero attached hydrogens (tertiary/aromatic N) is 2. The van der Waals surface area contributed by atoms with Crippen LogP contribution in [0.2, 0.25) is 0 Å². The second-order valence-corrected chi connectivity index (χ2v) is 3.90. The van der Waals surface area contributed by atoms with E-state index in [2.05, 4.69) is 35.9 Å². The van der Waals surface area contributed by atoms with E-state index in [1.54, 1.807) is 0 Å². The minimum Gasteiger partial charge on any atom is -0.366 e. The molecule has 0 saturated heterocycles. The first-order valence-electron chi connectivity index (χ1n) is 5.88. The van der Waals surface area contributed by atoms with E-state index < -0.39 is 0 Å². The van der Waals surface area contributed by atoms with E-state index in [4.69, 9.17) is 12.2 Å². The Morgan fingerprint density at radius 1 is 1.07 bits per heavy atom. The highest BCUT2D eigenvalue weighted by Gasteiger charge is 2.05. The zero-order valence-electron chi connectivity index (χ0n) is 10.5. The molecule has 0 aliphatic rings. The SMILES string of the molecule is CCN(CC)CCCN(CC)C(=S)NC. The molecule has 0 aliphatic heterocycles. The van der Waals surface area contributed by atoms with Crippen LogP contribution in [-0.2, 0) is 0 Å². The minimum atomic E-state index is 0.858. The van der Waals surface area contributed by atoms with Gasteiger partial charge in [0.1, 0.15) is 0 Å². The van der Waals surface area contributed by atoms with E-state index in [1.165, 1.54) is 6.42 Å². The largest absolute Gasteiger partial charge is 0.366 e. The molecule has 0 bridgehead atoms. The third-order valence-corrected chi connectivity index (χ3v) is 3.14. The van der Waals surface area contributed by atoms with Crippen molar-refractivity contribution in [1.82, 2.24) is 15.1 Å². The van der Waals surface area contributed by atoms with Crippen LogP contribution in [0, 0.1) is 0 Å². The molecular formula is C11H25N3S. The summed E-state index contributed by atoms with van der Waals surface area (Å²) in [5.74, 6) is 0. The number of hydrogen-bond donors (Lipinski definition) is 1. The molecule has 4 heteroatoms. The van der Waals surface area contributed by atoms with Crippen molar-refractivity contribution >= 4 is 17.3 Å². The average Bonchev–Trinajstić information content (AvgIpc) is 2.28. The van der Waals surface area contributed by atoms with Gasteiger partial charge in [0, 0.05) is 20.1 Å². The van der Waals surface area contributed by atoms with Gasteiger partial charge in [-0.3, -0.25) is 0 Å². The molecule has 0 unspecified atom stereocenters. The zero-order valence-corrected chi connectivity index (χ0v) is 11.4. The Labute approximate surface area is 99.8 Å². The fourth-order valence-electron chi connectivity index (χ4n) is 1.59. The number of hydrogen-bond acceptors (Lipinski definition) is 2. The van der Waals surface area contributed by atoms with Crippen molar-refractivity contribution in [1.29, 1.82) is 0 Å². The topological polar surface area (TPSA) is 18.5 Å². The van der Waals surface area contributed by atoms with Crippen LogP contribution < -0.4 is 5.32 Å². The van der Waals surface area contributed by atoms with E-state index >= 15 is 0 Å². The summed E-state index contributed by atoms with van der Waals surface area (Å²) in [6.07, 6.45) is 1.18. The molecular weight excluding hydrogens is 206 g/mol. The summed E-state index contributed by atoms with van der Waals surface area (Å²) < 4.78 is 0. The molecule has 1 N–H and O–H groups in total. The molecule has 0 spiro atoms. The highest BCUT2D eigenvalue weighted by Crippen LogP contribution is 1.96. The van der Waals surface area contributed by atoms with Gasteiger partial charge in [0.15, 0.2) is 5.11 Å². The summed E-state index contributed by atoms with van der Waals surface area (Å²) in [5, 5.41) is 3.88. The fourth-order valence-corrected chi connectivity index (χ4v) is 1.81.